The molecule has 1 amide bonds. The van der Waals surface area contributed by atoms with E-state index in [-0.39, 0.29) is 37.2 Å². The van der Waals surface area contributed by atoms with Gasteiger partial charge in [0.05, 0.1) is 20.0 Å². The topological polar surface area (TPSA) is 95.9 Å². The van der Waals surface area contributed by atoms with Crippen LogP contribution in [0.1, 0.15) is 24.8 Å². The van der Waals surface area contributed by atoms with E-state index in [1.54, 1.807) is 23.1 Å². The highest BCUT2D eigenvalue weighted by Gasteiger charge is 2.34. The normalized spacial score (nSPS) is 20.1. The van der Waals surface area contributed by atoms with E-state index < -0.39 is 12.0 Å². The van der Waals surface area contributed by atoms with Crippen LogP contribution in [0.4, 0.5) is 0 Å². The smallest absolute Gasteiger partial charge is 0.320 e. The lowest BCUT2D eigenvalue weighted by Gasteiger charge is -2.37. The fourth-order valence-electron chi connectivity index (χ4n) is 3.12. The van der Waals surface area contributed by atoms with Gasteiger partial charge in [0.25, 0.3) is 0 Å². The van der Waals surface area contributed by atoms with Gasteiger partial charge < -0.3 is 15.2 Å². The van der Waals surface area contributed by atoms with Crippen LogP contribution in [0, 0.1) is 0 Å². The molecule has 148 valence electrons. The fourth-order valence-corrected chi connectivity index (χ4v) is 3.60. The second kappa shape index (κ2) is 9.92. The number of likely N-dealkylation sites (tertiary alicyclic amines) is 1. The van der Waals surface area contributed by atoms with Crippen LogP contribution in [0.3, 0.4) is 0 Å². The Morgan fingerprint density at radius 3 is 2.70 bits per heavy atom. The number of ether oxygens (including phenoxy) is 1. The summed E-state index contributed by atoms with van der Waals surface area (Å²) in [6.45, 7) is 0.783. The zero-order valence-corrected chi connectivity index (χ0v) is 16.4. The van der Waals surface area contributed by atoms with E-state index in [9.17, 15) is 19.5 Å². The molecule has 2 rings (SSSR count). The van der Waals surface area contributed by atoms with Crippen molar-refractivity contribution in [3.05, 3.63) is 33.8 Å². The molecule has 1 fully saturated rings. The van der Waals surface area contributed by atoms with E-state index in [1.165, 1.54) is 7.11 Å². The summed E-state index contributed by atoms with van der Waals surface area (Å²) in [5.74, 6) is -1.58. The number of halogens is 2. The number of piperidine rings is 1. The number of nitrogens with zero attached hydrogens (tertiary/aromatic N) is 1. The van der Waals surface area contributed by atoms with Gasteiger partial charge in [-0.3, -0.25) is 19.3 Å². The Labute approximate surface area is 167 Å². The van der Waals surface area contributed by atoms with Gasteiger partial charge in [0, 0.05) is 29.2 Å². The number of methoxy groups -OCH3 is 1. The average Bonchev–Trinajstić information content (AvgIpc) is 2.62. The molecule has 0 spiro atoms. The Balaban J connectivity index is 1.91. The van der Waals surface area contributed by atoms with Gasteiger partial charge in [-0.25, -0.2) is 0 Å². The third-order valence-electron chi connectivity index (χ3n) is 4.56. The molecule has 2 N–H and O–H groups in total. The van der Waals surface area contributed by atoms with Crippen molar-refractivity contribution in [1.29, 1.82) is 0 Å². The highest BCUT2D eigenvalue weighted by atomic mass is 35.5. The Bertz CT molecular complexity index is 713. The first-order valence-corrected chi connectivity index (χ1v) is 9.32. The molecule has 0 aromatic heterocycles. The molecule has 0 radical (unpaired) electrons. The van der Waals surface area contributed by atoms with Crippen molar-refractivity contribution in [2.24, 2.45) is 0 Å². The molecule has 9 heteroatoms. The maximum atomic E-state index is 12.3. The van der Waals surface area contributed by atoms with Crippen LogP contribution in [0.25, 0.3) is 0 Å². The molecular formula is C18H22Cl2N2O5. The number of benzene rings is 1. The highest BCUT2D eigenvalue weighted by molar-refractivity contribution is 6.35. The summed E-state index contributed by atoms with van der Waals surface area (Å²) >= 11 is 11.9. The second-order valence-electron chi connectivity index (χ2n) is 6.42. The monoisotopic (exact) mass is 416 g/mol. The fraction of sp³-hybridized carbons (Fsp3) is 0.500. The number of carbonyl (C=O) groups is 3. The number of hydrogen-bond acceptors (Lipinski definition) is 5. The molecule has 7 nitrogen and oxygen atoms in total. The van der Waals surface area contributed by atoms with Crippen LogP contribution in [0.2, 0.25) is 10.0 Å². The lowest BCUT2D eigenvalue weighted by atomic mass is 9.96. The summed E-state index contributed by atoms with van der Waals surface area (Å²) in [4.78, 5) is 36.9. The Hall–Kier alpha value is -1.83. The zero-order valence-electron chi connectivity index (χ0n) is 14.9. The number of aliphatic carboxylic acids is 1. The molecular weight excluding hydrogens is 395 g/mol. The first kappa shape index (κ1) is 21.5. The lowest BCUT2D eigenvalue weighted by molar-refractivity contribution is -0.147. The van der Waals surface area contributed by atoms with E-state index in [4.69, 9.17) is 23.2 Å². The summed E-state index contributed by atoms with van der Waals surface area (Å²) in [6, 6.07) is 3.93. The summed E-state index contributed by atoms with van der Waals surface area (Å²) < 4.78 is 4.60. The molecule has 27 heavy (non-hydrogen) atoms. The summed E-state index contributed by atoms with van der Waals surface area (Å²) in [5, 5.41) is 13.3. The summed E-state index contributed by atoms with van der Waals surface area (Å²) in [6.07, 6.45) is 1.10. The summed E-state index contributed by atoms with van der Waals surface area (Å²) in [7, 11) is 1.30. The predicted molar refractivity (Wildman–Crippen MR) is 101 cm³/mol. The minimum absolute atomic E-state index is 0.0935. The number of esters is 1. The molecule has 1 heterocycles. The van der Waals surface area contributed by atoms with Crippen molar-refractivity contribution in [3.8, 4) is 0 Å². The van der Waals surface area contributed by atoms with Crippen molar-refractivity contribution < 1.29 is 24.2 Å². The van der Waals surface area contributed by atoms with E-state index in [0.717, 1.165) is 0 Å². The predicted octanol–water partition coefficient (Wildman–Crippen LogP) is 2.13. The Morgan fingerprint density at radius 1 is 1.33 bits per heavy atom. The minimum atomic E-state index is -0.973. The van der Waals surface area contributed by atoms with E-state index in [0.29, 0.717) is 35.1 Å². The molecule has 0 aliphatic carbocycles. The second-order valence-corrected chi connectivity index (χ2v) is 7.26. The van der Waals surface area contributed by atoms with Gasteiger partial charge in [-0.1, -0.05) is 29.3 Å². The number of rotatable bonds is 7. The number of hydrogen-bond donors (Lipinski definition) is 2. The van der Waals surface area contributed by atoms with E-state index in [1.807, 2.05) is 0 Å². The van der Waals surface area contributed by atoms with E-state index >= 15 is 0 Å². The maximum Gasteiger partial charge on any atom is 0.320 e. The lowest BCUT2D eigenvalue weighted by Crippen LogP contribution is -2.53. The Morgan fingerprint density at radius 2 is 2.07 bits per heavy atom. The number of carbonyl (C=O) groups excluding carboxylic acids is 2. The van der Waals surface area contributed by atoms with Crippen molar-refractivity contribution in [1.82, 2.24) is 10.2 Å². The van der Waals surface area contributed by atoms with Gasteiger partial charge in [-0.2, -0.15) is 0 Å². The largest absolute Gasteiger partial charge is 0.480 e. The van der Waals surface area contributed by atoms with Crippen molar-refractivity contribution in [2.75, 3.05) is 20.2 Å². The molecule has 0 bridgehead atoms. The molecule has 2 unspecified atom stereocenters. The van der Waals surface area contributed by atoms with Crippen molar-refractivity contribution in [2.45, 2.75) is 37.8 Å². The molecule has 1 aliphatic rings. The highest BCUT2D eigenvalue weighted by Crippen LogP contribution is 2.22. The van der Waals surface area contributed by atoms with Gasteiger partial charge in [0.1, 0.15) is 6.04 Å². The van der Waals surface area contributed by atoms with Crippen LogP contribution in [0.15, 0.2) is 18.2 Å². The molecule has 1 saturated heterocycles. The first-order chi connectivity index (χ1) is 12.8. The molecule has 0 saturated carbocycles. The molecule has 1 aromatic carbocycles. The number of carboxylic acids is 1. The van der Waals surface area contributed by atoms with Gasteiger partial charge >= 0.3 is 11.9 Å². The minimum Gasteiger partial charge on any atom is -0.480 e. The van der Waals surface area contributed by atoms with Gasteiger partial charge in [0.15, 0.2) is 0 Å². The number of carboxylic acid groups (broad SMARTS) is 1. The van der Waals surface area contributed by atoms with Crippen LogP contribution in [-0.4, -0.2) is 60.1 Å². The summed E-state index contributed by atoms with van der Waals surface area (Å²) in [5.41, 5.74) is 0.656. The number of nitrogens with one attached hydrogen (secondary N) is 1. The van der Waals surface area contributed by atoms with Crippen LogP contribution in [0.5, 0.6) is 0 Å². The Kier molecular flexibility index (Phi) is 7.89. The van der Waals surface area contributed by atoms with Crippen molar-refractivity contribution in [3.63, 3.8) is 0 Å². The van der Waals surface area contributed by atoms with Gasteiger partial charge in [-0.05, 0) is 30.5 Å². The van der Waals surface area contributed by atoms with Gasteiger partial charge in [0.2, 0.25) is 5.91 Å². The van der Waals surface area contributed by atoms with Gasteiger partial charge in [-0.15, -0.1) is 0 Å². The molecule has 1 aromatic rings. The molecule has 2 atom stereocenters. The zero-order chi connectivity index (χ0) is 20.0. The third kappa shape index (κ3) is 6.37. The van der Waals surface area contributed by atoms with Crippen LogP contribution in [-0.2, 0) is 25.5 Å². The standard InChI is InChI=1S/C18H22Cl2N2O5/c1-27-17(24)5-7-22-6-4-13(10-15(22)18(25)26)21-16(23)8-11-2-3-12(19)9-14(11)20/h2-3,9,13,15H,4-8,10H2,1H3,(H,21,23)(H,25,26). The van der Waals surface area contributed by atoms with E-state index in [2.05, 4.69) is 10.1 Å². The van der Waals surface area contributed by atoms with Crippen LogP contribution < -0.4 is 5.32 Å². The SMILES string of the molecule is COC(=O)CCN1CCC(NC(=O)Cc2ccc(Cl)cc2Cl)CC1C(=O)O. The third-order valence-corrected chi connectivity index (χ3v) is 5.15. The van der Waals surface area contributed by atoms with Crippen LogP contribution >= 0.6 is 23.2 Å². The quantitative estimate of drug-likeness (QED) is 0.660. The number of amides is 1. The maximum absolute atomic E-state index is 12.3. The average molecular weight is 417 g/mol. The van der Waals surface area contributed by atoms with Crippen molar-refractivity contribution >= 4 is 41.0 Å². The first-order valence-electron chi connectivity index (χ1n) is 8.57. The molecule has 1 aliphatic heterocycles.